The van der Waals surface area contributed by atoms with Gasteiger partial charge in [0.05, 0.1) is 18.4 Å². The summed E-state index contributed by atoms with van der Waals surface area (Å²) in [7, 11) is 3.09. The SMILES string of the molecule is COc1ccccc1-c1nc(=O)n(C)cc1C#N. The molecule has 5 nitrogen and oxygen atoms in total. The van der Waals surface area contributed by atoms with Gasteiger partial charge in [0.2, 0.25) is 0 Å². The van der Waals surface area contributed by atoms with Crippen molar-refractivity contribution < 1.29 is 4.74 Å². The zero-order valence-corrected chi connectivity index (χ0v) is 10.0. The van der Waals surface area contributed by atoms with Gasteiger partial charge in [-0.1, -0.05) is 12.1 Å². The molecule has 1 aromatic carbocycles. The highest BCUT2D eigenvalue weighted by molar-refractivity contribution is 5.71. The van der Waals surface area contributed by atoms with Crippen LogP contribution in [-0.2, 0) is 7.05 Å². The Morgan fingerprint density at radius 1 is 1.39 bits per heavy atom. The summed E-state index contributed by atoms with van der Waals surface area (Å²) in [6, 6.07) is 9.18. The number of nitriles is 1. The number of ether oxygens (including phenoxy) is 1. The lowest BCUT2D eigenvalue weighted by Crippen LogP contribution is -2.20. The van der Waals surface area contributed by atoms with Crippen LogP contribution in [0.5, 0.6) is 5.75 Å². The fourth-order valence-electron chi connectivity index (χ4n) is 1.67. The summed E-state index contributed by atoms with van der Waals surface area (Å²) in [4.78, 5) is 15.5. The van der Waals surface area contributed by atoms with Crippen LogP contribution in [0.4, 0.5) is 0 Å². The van der Waals surface area contributed by atoms with Crippen LogP contribution in [0, 0.1) is 11.3 Å². The van der Waals surface area contributed by atoms with E-state index in [1.165, 1.54) is 17.9 Å². The number of hydrogen-bond acceptors (Lipinski definition) is 4. The molecule has 0 fully saturated rings. The zero-order chi connectivity index (χ0) is 13.1. The summed E-state index contributed by atoms with van der Waals surface area (Å²) in [5.41, 5.74) is 0.906. The molecule has 18 heavy (non-hydrogen) atoms. The summed E-state index contributed by atoms with van der Waals surface area (Å²) in [6.07, 6.45) is 1.47. The monoisotopic (exact) mass is 241 g/mol. The maximum atomic E-state index is 11.6. The van der Waals surface area contributed by atoms with Gasteiger partial charge in [-0.05, 0) is 12.1 Å². The molecule has 0 unspecified atom stereocenters. The van der Waals surface area contributed by atoms with Crippen molar-refractivity contribution in [2.45, 2.75) is 0 Å². The molecule has 0 saturated carbocycles. The van der Waals surface area contributed by atoms with Crippen molar-refractivity contribution in [3.63, 3.8) is 0 Å². The second-order valence-corrected chi connectivity index (χ2v) is 3.71. The van der Waals surface area contributed by atoms with Gasteiger partial charge in [0.25, 0.3) is 0 Å². The molecule has 2 rings (SSSR count). The highest BCUT2D eigenvalue weighted by atomic mass is 16.5. The molecular weight excluding hydrogens is 230 g/mol. The summed E-state index contributed by atoms with van der Waals surface area (Å²) in [5.74, 6) is 0.578. The number of aryl methyl sites for hydroxylation is 1. The lowest BCUT2D eigenvalue weighted by atomic mass is 10.1. The average Bonchev–Trinajstić information content (AvgIpc) is 2.41. The van der Waals surface area contributed by atoms with Crippen molar-refractivity contribution >= 4 is 0 Å². The second kappa shape index (κ2) is 4.72. The Kier molecular flexibility index (Phi) is 3.11. The first-order chi connectivity index (χ1) is 8.67. The number of rotatable bonds is 2. The maximum absolute atomic E-state index is 11.6. The van der Waals surface area contributed by atoms with Crippen molar-refractivity contribution in [2.24, 2.45) is 7.05 Å². The molecule has 0 amide bonds. The van der Waals surface area contributed by atoms with Gasteiger partial charge in [-0.25, -0.2) is 4.79 Å². The van der Waals surface area contributed by atoms with Crippen molar-refractivity contribution in [3.05, 3.63) is 46.5 Å². The minimum Gasteiger partial charge on any atom is -0.496 e. The largest absolute Gasteiger partial charge is 0.496 e. The van der Waals surface area contributed by atoms with E-state index in [4.69, 9.17) is 10.00 Å². The van der Waals surface area contributed by atoms with Crippen molar-refractivity contribution in [1.82, 2.24) is 9.55 Å². The van der Waals surface area contributed by atoms with Gasteiger partial charge in [-0.3, -0.25) is 0 Å². The van der Waals surface area contributed by atoms with E-state index in [1.807, 2.05) is 12.1 Å². The van der Waals surface area contributed by atoms with Gasteiger partial charge < -0.3 is 9.30 Å². The summed E-state index contributed by atoms with van der Waals surface area (Å²) in [6.45, 7) is 0. The molecule has 90 valence electrons. The van der Waals surface area contributed by atoms with E-state index in [0.29, 0.717) is 22.6 Å². The number of hydrogen-bond donors (Lipinski definition) is 0. The van der Waals surface area contributed by atoms with E-state index in [-0.39, 0.29) is 0 Å². The van der Waals surface area contributed by atoms with Gasteiger partial charge in [0.15, 0.2) is 0 Å². The summed E-state index contributed by atoms with van der Waals surface area (Å²) < 4.78 is 6.49. The molecule has 0 aliphatic rings. The first-order valence-electron chi connectivity index (χ1n) is 5.28. The predicted octanol–water partition coefficient (Wildman–Crippen LogP) is 1.33. The maximum Gasteiger partial charge on any atom is 0.347 e. The Balaban J connectivity index is 2.75. The first kappa shape index (κ1) is 11.9. The summed E-state index contributed by atoms with van der Waals surface area (Å²) in [5, 5.41) is 9.11. The molecule has 0 bridgehead atoms. The van der Waals surface area contributed by atoms with Gasteiger partial charge in [0, 0.05) is 18.8 Å². The van der Waals surface area contributed by atoms with Crippen molar-refractivity contribution in [1.29, 1.82) is 5.26 Å². The highest BCUT2D eigenvalue weighted by Crippen LogP contribution is 2.29. The first-order valence-corrected chi connectivity index (χ1v) is 5.28. The van der Waals surface area contributed by atoms with Gasteiger partial charge in [-0.15, -0.1) is 0 Å². The van der Waals surface area contributed by atoms with Crippen LogP contribution in [0.3, 0.4) is 0 Å². The lowest BCUT2D eigenvalue weighted by Gasteiger charge is -2.09. The number of nitrogens with zero attached hydrogens (tertiary/aromatic N) is 3. The number of aromatic nitrogens is 2. The number of para-hydroxylation sites is 1. The van der Waals surface area contributed by atoms with E-state index in [1.54, 1.807) is 25.2 Å². The van der Waals surface area contributed by atoms with E-state index < -0.39 is 5.69 Å². The van der Waals surface area contributed by atoms with Crippen LogP contribution in [0.15, 0.2) is 35.3 Å². The number of benzene rings is 1. The molecule has 0 saturated heterocycles. The van der Waals surface area contributed by atoms with Crippen LogP contribution < -0.4 is 10.4 Å². The molecule has 0 radical (unpaired) electrons. The Labute approximate surface area is 104 Å². The fourth-order valence-corrected chi connectivity index (χ4v) is 1.67. The molecule has 5 heteroatoms. The minimum absolute atomic E-state index is 0.335. The van der Waals surface area contributed by atoms with Crippen molar-refractivity contribution in [3.8, 4) is 23.1 Å². The van der Waals surface area contributed by atoms with Crippen molar-refractivity contribution in [2.75, 3.05) is 7.11 Å². The van der Waals surface area contributed by atoms with Crippen LogP contribution in [0.2, 0.25) is 0 Å². The molecule has 1 aromatic heterocycles. The Morgan fingerprint density at radius 3 is 2.78 bits per heavy atom. The zero-order valence-electron chi connectivity index (χ0n) is 10.0. The van der Waals surface area contributed by atoms with Crippen LogP contribution in [-0.4, -0.2) is 16.7 Å². The quantitative estimate of drug-likeness (QED) is 0.795. The Bertz CT molecular complexity index is 683. The molecule has 0 spiro atoms. The third-order valence-electron chi connectivity index (χ3n) is 2.57. The van der Waals surface area contributed by atoms with E-state index in [0.717, 1.165) is 0 Å². The lowest BCUT2D eigenvalue weighted by molar-refractivity contribution is 0.416. The molecule has 0 N–H and O–H groups in total. The minimum atomic E-state index is -0.407. The Morgan fingerprint density at radius 2 is 2.11 bits per heavy atom. The molecule has 0 atom stereocenters. The van der Waals surface area contributed by atoms with Crippen LogP contribution in [0.1, 0.15) is 5.56 Å². The molecule has 0 aliphatic heterocycles. The second-order valence-electron chi connectivity index (χ2n) is 3.71. The van der Waals surface area contributed by atoms with Gasteiger partial charge >= 0.3 is 5.69 Å². The van der Waals surface area contributed by atoms with Crippen LogP contribution >= 0.6 is 0 Å². The normalized spacial score (nSPS) is 9.83. The molecule has 0 aliphatic carbocycles. The van der Waals surface area contributed by atoms with Gasteiger partial charge in [-0.2, -0.15) is 10.2 Å². The Hall–Kier alpha value is -2.61. The topological polar surface area (TPSA) is 67.9 Å². The highest BCUT2D eigenvalue weighted by Gasteiger charge is 2.13. The molecular formula is C13H11N3O2. The third-order valence-corrected chi connectivity index (χ3v) is 2.57. The smallest absolute Gasteiger partial charge is 0.347 e. The average molecular weight is 241 g/mol. The molecule has 2 aromatic rings. The fraction of sp³-hybridized carbons (Fsp3) is 0.154. The summed E-state index contributed by atoms with van der Waals surface area (Å²) >= 11 is 0. The molecule has 1 heterocycles. The number of methoxy groups -OCH3 is 1. The van der Waals surface area contributed by atoms with E-state index in [9.17, 15) is 4.79 Å². The third kappa shape index (κ3) is 1.96. The van der Waals surface area contributed by atoms with Crippen LogP contribution in [0.25, 0.3) is 11.3 Å². The standard InChI is InChI=1S/C13H11N3O2/c1-16-8-9(7-14)12(15-13(16)17)10-5-3-4-6-11(10)18-2/h3-6,8H,1-2H3. The predicted molar refractivity (Wildman–Crippen MR) is 66.2 cm³/mol. The van der Waals surface area contributed by atoms with E-state index in [2.05, 4.69) is 4.98 Å². The van der Waals surface area contributed by atoms with Gasteiger partial charge in [0.1, 0.15) is 11.8 Å². The van der Waals surface area contributed by atoms with E-state index >= 15 is 0 Å².